The highest BCUT2D eigenvalue weighted by atomic mass is 16.3. The van der Waals surface area contributed by atoms with Crippen LogP contribution in [0.2, 0.25) is 0 Å². The largest absolute Gasteiger partial charge is 0.469 e. The molecule has 2 heterocycles. The van der Waals surface area contributed by atoms with Crippen LogP contribution in [0.3, 0.4) is 0 Å². The molecule has 5 nitrogen and oxygen atoms in total. The Bertz CT molecular complexity index is 846. The van der Waals surface area contributed by atoms with Gasteiger partial charge in [0.1, 0.15) is 5.76 Å². The maximum absolute atomic E-state index is 12.2. The van der Waals surface area contributed by atoms with Crippen molar-refractivity contribution in [2.24, 2.45) is 0 Å². The van der Waals surface area contributed by atoms with E-state index >= 15 is 0 Å². The molecular formula is C19H19N3O2. The van der Waals surface area contributed by atoms with Gasteiger partial charge in [-0.1, -0.05) is 18.2 Å². The Morgan fingerprint density at radius 2 is 2.08 bits per heavy atom. The zero-order valence-corrected chi connectivity index (χ0v) is 13.7. The van der Waals surface area contributed by atoms with Crippen LogP contribution in [0.15, 0.2) is 65.5 Å². The molecule has 2 aromatic heterocycles. The van der Waals surface area contributed by atoms with Crippen molar-refractivity contribution < 1.29 is 9.21 Å². The van der Waals surface area contributed by atoms with Crippen LogP contribution in [0.25, 0.3) is 11.8 Å². The number of hydrogen-bond acceptors (Lipinski definition) is 3. The summed E-state index contributed by atoms with van der Waals surface area (Å²) in [5.41, 5.74) is 2.87. The summed E-state index contributed by atoms with van der Waals surface area (Å²) >= 11 is 0. The van der Waals surface area contributed by atoms with E-state index < -0.39 is 0 Å². The summed E-state index contributed by atoms with van der Waals surface area (Å²) in [5.74, 6) is 0.769. The Hall–Kier alpha value is -3.08. The molecular weight excluding hydrogens is 302 g/mol. The Kier molecular flexibility index (Phi) is 4.61. The molecule has 0 fully saturated rings. The van der Waals surface area contributed by atoms with E-state index in [1.165, 1.54) is 0 Å². The van der Waals surface area contributed by atoms with Crippen LogP contribution in [-0.4, -0.2) is 27.6 Å². The Morgan fingerprint density at radius 1 is 1.29 bits per heavy atom. The lowest BCUT2D eigenvalue weighted by atomic mass is 10.2. The molecule has 3 aromatic rings. The van der Waals surface area contributed by atoms with Crippen LogP contribution >= 0.6 is 0 Å². The van der Waals surface area contributed by atoms with Gasteiger partial charge in [0.25, 0.3) is 0 Å². The molecule has 0 atom stereocenters. The highest BCUT2D eigenvalue weighted by Gasteiger charge is 2.09. The van der Waals surface area contributed by atoms with Crippen LogP contribution in [0.4, 0.5) is 0 Å². The van der Waals surface area contributed by atoms with Crippen molar-refractivity contribution in [3.63, 3.8) is 0 Å². The molecule has 0 aliphatic rings. The van der Waals surface area contributed by atoms with Gasteiger partial charge in [-0.05, 0) is 31.2 Å². The van der Waals surface area contributed by atoms with Crippen molar-refractivity contribution in [3.05, 3.63) is 78.0 Å². The Morgan fingerprint density at radius 3 is 2.79 bits per heavy atom. The first kappa shape index (κ1) is 15.8. The Labute approximate surface area is 140 Å². The second kappa shape index (κ2) is 7.00. The summed E-state index contributed by atoms with van der Waals surface area (Å²) in [7, 11) is 1.77. The third-order valence-corrected chi connectivity index (χ3v) is 3.79. The van der Waals surface area contributed by atoms with E-state index in [-0.39, 0.29) is 5.91 Å². The van der Waals surface area contributed by atoms with Gasteiger partial charge in [0.2, 0.25) is 5.91 Å². The molecule has 0 aliphatic carbocycles. The van der Waals surface area contributed by atoms with Gasteiger partial charge in [0.05, 0.1) is 18.1 Å². The summed E-state index contributed by atoms with van der Waals surface area (Å²) in [5, 5.41) is 4.31. The number of carbonyl (C=O) groups is 1. The van der Waals surface area contributed by atoms with E-state index in [0.717, 1.165) is 22.6 Å². The fourth-order valence-electron chi connectivity index (χ4n) is 2.35. The fourth-order valence-corrected chi connectivity index (χ4v) is 2.35. The first-order valence-electron chi connectivity index (χ1n) is 7.70. The zero-order chi connectivity index (χ0) is 16.9. The summed E-state index contributed by atoms with van der Waals surface area (Å²) in [6.45, 7) is 2.41. The van der Waals surface area contributed by atoms with E-state index in [4.69, 9.17) is 4.42 Å². The van der Waals surface area contributed by atoms with Crippen LogP contribution in [0, 0.1) is 6.92 Å². The minimum absolute atomic E-state index is 0.0666. The maximum atomic E-state index is 12.2. The molecule has 0 N–H and O–H groups in total. The van der Waals surface area contributed by atoms with Crippen molar-refractivity contribution in [3.8, 4) is 5.69 Å². The van der Waals surface area contributed by atoms with Gasteiger partial charge >= 0.3 is 0 Å². The second-order valence-electron chi connectivity index (χ2n) is 5.58. The van der Waals surface area contributed by atoms with E-state index in [1.54, 1.807) is 41.2 Å². The predicted octanol–water partition coefficient (Wildman–Crippen LogP) is 3.45. The number of nitrogens with zero attached hydrogens (tertiary/aromatic N) is 3. The minimum atomic E-state index is -0.0666. The zero-order valence-electron chi connectivity index (χ0n) is 13.7. The standard InChI is InChI=1S/C19H19N3O2/c1-15-17(10-11-24-15)14-21(2)19(23)9-8-16-12-20-22(13-16)18-6-4-3-5-7-18/h3-13H,14H2,1-2H3. The van der Waals surface area contributed by atoms with Crippen molar-refractivity contribution >= 4 is 12.0 Å². The molecule has 24 heavy (non-hydrogen) atoms. The maximum Gasteiger partial charge on any atom is 0.246 e. The molecule has 0 radical (unpaired) electrons. The number of furan rings is 1. The SMILES string of the molecule is Cc1occc1CN(C)C(=O)C=Cc1cnn(-c2ccccc2)c1. The molecule has 0 spiro atoms. The van der Waals surface area contributed by atoms with Crippen molar-refractivity contribution in [1.82, 2.24) is 14.7 Å². The van der Waals surface area contributed by atoms with Gasteiger partial charge < -0.3 is 9.32 Å². The van der Waals surface area contributed by atoms with E-state index in [9.17, 15) is 4.79 Å². The molecule has 5 heteroatoms. The van der Waals surface area contributed by atoms with E-state index in [2.05, 4.69) is 5.10 Å². The normalized spacial score (nSPS) is 11.1. The van der Waals surface area contributed by atoms with Crippen LogP contribution in [-0.2, 0) is 11.3 Å². The predicted molar refractivity (Wildman–Crippen MR) is 92.5 cm³/mol. The number of hydrogen-bond donors (Lipinski definition) is 0. The van der Waals surface area contributed by atoms with Gasteiger partial charge in [-0.2, -0.15) is 5.10 Å². The number of para-hydroxylation sites is 1. The average Bonchev–Trinajstić information content (AvgIpc) is 3.23. The van der Waals surface area contributed by atoms with Crippen molar-refractivity contribution in [1.29, 1.82) is 0 Å². The van der Waals surface area contributed by atoms with Gasteiger partial charge in [-0.25, -0.2) is 4.68 Å². The Balaban J connectivity index is 1.64. The van der Waals surface area contributed by atoms with Crippen molar-refractivity contribution in [2.75, 3.05) is 7.05 Å². The summed E-state index contributed by atoms with van der Waals surface area (Å²) < 4.78 is 7.03. The minimum Gasteiger partial charge on any atom is -0.469 e. The molecule has 1 aromatic carbocycles. The number of aromatic nitrogens is 2. The summed E-state index contributed by atoms with van der Waals surface area (Å²) in [6, 6.07) is 11.7. The van der Waals surface area contributed by atoms with Gasteiger partial charge in [-0.3, -0.25) is 4.79 Å². The van der Waals surface area contributed by atoms with Gasteiger partial charge in [-0.15, -0.1) is 0 Å². The smallest absolute Gasteiger partial charge is 0.246 e. The number of rotatable bonds is 5. The molecule has 0 saturated carbocycles. The number of benzene rings is 1. The molecule has 3 rings (SSSR count). The first-order chi connectivity index (χ1) is 11.6. The van der Waals surface area contributed by atoms with Gasteiger partial charge in [0, 0.05) is 37.0 Å². The number of amides is 1. The highest BCUT2D eigenvalue weighted by molar-refractivity contribution is 5.91. The van der Waals surface area contributed by atoms with E-state index in [1.807, 2.05) is 49.5 Å². The van der Waals surface area contributed by atoms with Crippen LogP contribution in [0.5, 0.6) is 0 Å². The molecule has 122 valence electrons. The van der Waals surface area contributed by atoms with Crippen LogP contribution in [0.1, 0.15) is 16.9 Å². The highest BCUT2D eigenvalue weighted by Crippen LogP contribution is 2.12. The number of aryl methyl sites for hydroxylation is 1. The lowest BCUT2D eigenvalue weighted by Crippen LogP contribution is -2.24. The third kappa shape index (κ3) is 3.63. The first-order valence-corrected chi connectivity index (χ1v) is 7.70. The molecule has 0 bridgehead atoms. The summed E-state index contributed by atoms with van der Waals surface area (Å²) in [6.07, 6.45) is 8.59. The molecule has 0 aliphatic heterocycles. The number of likely N-dealkylation sites (N-methyl/N-ethyl adjacent to an activating group) is 1. The third-order valence-electron chi connectivity index (χ3n) is 3.79. The topological polar surface area (TPSA) is 51.3 Å². The molecule has 1 amide bonds. The second-order valence-corrected chi connectivity index (χ2v) is 5.58. The fraction of sp³-hybridized carbons (Fsp3) is 0.158. The lowest BCUT2D eigenvalue weighted by molar-refractivity contribution is -0.125. The average molecular weight is 321 g/mol. The summed E-state index contributed by atoms with van der Waals surface area (Å²) in [4.78, 5) is 13.9. The monoisotopic (exact) mass is 321 g/mol. The quantitative estimate of drug-likeness (QED) is 0.676. The molecule has 0 unspecified atom stereocenters. The number of carbonyl (C=O) groups excluding carboxylic acids is 1. The van der Waals surface area contributed by atoms with Crippen molar-refractivity contribution in [2.45, 2.75) is 13.5 Å². The van der Waals surface area contributed by atoms with Crippen LogP contribution < -0.4 is 0 Å². The lowest BCUT2D eigenvalue weighted by Gasteiger charge is -2.14. The van der Waals surface area contributed by atoms with Gasteiger partial charge in [0.15, 0.2) is 0 Å². The molecule has 0 saturated heterocycles. The van der Waals surface area contributed by atoms with E-state index in [0.29, 0.717) is 6.54 Å².